The zero-order valence-electron chi connectivity index (χ0n) is 7.26. The lowest BCUT2D eigenvalue weighted by molar-refractivity contribution is 0.554. The molecule has 0 saturated heterocycles. The number of hydrogen-bond acceptors (Lipinski definition) is 4. The number of oxazole rings is 1. The van der Waals surface area contributed by atoms with Gasteiger partial charge < -0.3 is 8.97 Å². The molecule has 4 nitrogen and oxygen atoms in total. The number of aromatic nitrogens is 1. The Hall–Kier alpha value is -0.980. The Balaban J connectivity index is 2.74. The molecule has 2 aromatic rings. The van der Waals surface area contributed by atoms with Gasteiger partial charge in [-0.2, -0.15) is 0 Å². The third-order valence-electron chi connectivity index (χ3n) is 1.76. The van der Waals surface area contributed by atoms with Crippen LogP contribution in [0.15, 0.2) is 27.5 Å². The quantitative estimate of drug-likeness (QED) is 0.806. The molecule has 1 atom stereocenters. The molecule has 0 aliphatic heterocycles. The fourth-order valence-electron chi connectivity index (χ4n) is 1.18. The van der Waals surface area contributed by atoms with E-state index in [1.54, 1.807) is 13.0 Å². The summed E-state index contributed by atoms with van der Waals surface area (Å²) in [5.74, 6) is 0.519. The zero-order chi connectivity index (χ0) is 10.3. The summed E-state index contributed by atoms with van der Waals surface area (Å²) in [5, 5.41) is 0. The molecule has 1 N–H and O–H groups in total. The van der Waals surface area contributed by atoms with E-state index in [1.165, 1.54) is 12.1 Å². The van der Waals surface area contributed by atoms with Gasteiger partial charge in [-0.3, -0.25) is 0 Å². The van der Waals surface area contributed by atoms with Gasteiger partial charge in [-0.15, -0.1) is 0 Å². The van der Waals surface area contributed by atoms with Crippen LogP contribution < -0.4 is 0 Å². The molecule has 0 radical (unpaired) electrons. The first-order chi connectivity index (χ1) is 6.47. The third-order valence-corrected chi connectivity index (χ3v) is 3.19. The lowest BCUT2D eigenvalue weighted by Crippen LogP contribution is -1.94. The minimum absolute atomic E-state index is 0.177. The summed E-state index contributed by atoms with van der Waals surface area (Å²) in [5.41, 5.74) is 1.14. The molecule has 6 heteroatoms. The Morgan fingerprint density at radius 3 is 2.93 bits per heavy atom. The van der Waals surface area contributed by atoms with Crippen LogP contribution in [0.3, 0.4) is 0 Å². The van der Waals surface area contributed by atoms with Crippen molar-refractivity contribution in [3.8, 4) is 0 Å². The van der Waals surface area contributed by atoms with Gasteiger partial charge in [0.25, 0.3) is 0 Å². The van der Waals surface area contributed by atoms with Crippen molar-refractivity contribution in [1.29, 1.82) is 0 Å². The maximum absolute atomic E-state index is 11.1. The highest BCUT2D eigenvalue weighted by molar-refractivity contribution is 8.29. The maximum Gasteiger partial charge on any atom is 0.192 e. The lowest BCUT2D eigenvalue weighted by atomic mass is 10.3. The van der Waals surface area contributed by atoms with Gasteiger partial charge in [0.05, 0.1) is 4.90 Å². The molecule has 74 valence electrons. The van der Waals surface area contributed by atoms with Gasteiger partial charge in [0, 0.05) is 24.2 Å². The Morgan fingerprint density at radius 1 is 1.57 bits per heavy atom. The summed E-state index contributed by atoms with van der Waals surface area (Å²) < 4.78 is 25.5. The minimum Gasteiger partial charge on any atom is -0.441 e. The third kappa shape index (κ3) is 1.63. The van der Waals surface area contributed by atoms with E-state index in [1.807, 2.05) is 0 Å². The lowest BCUT2D eigenvalue weighted by Gasteiger charge is -1.97. The number of fused-ring (bicyclic) bond motifs is 1. The number of rotatable bonds is 1. The predicted molar refractivity (Wildman–Crippen MR) is 55.1 cm³/mol. The smallest absolute Gasteiger partial charge is 0.192 e. The number of nitrogens with zero attached hydrogens (tertiary/aromatic N) is 1. The van der Waals surface area contributed by atoms with E-state index in [4.69, 9.17) is 8.97 Å². The van der Waals surface area contributed by atoms with Gasteiger partial charge in [0.15, 0.2) is 20.2 Å². The fourth-order valence-corrected chi connectivity index (χ4v) is 1.99. The van der Waals surface area contributed by atoms with Crippen LogP contribution in [0.2, 0.25) is 0 Å². The summed E-state index contributed by atoms with van der Waals surface area (Å²) in [6.45, 7) is 1.71. The highest BCUT2D eigenvalue weighted by Gasteiger charge is 2.09. The number of aryl methyl sites for hydroxylation is 1. The molecule has 1 unspecified atom stereocenters. The first kappa shape index (κ1) is 9.57. The molecule has 0 amide bonds. The van der Waals surface area contributed by atoms with Gasteiger partial charge in [-0.25, -0.2) is 9.19 Å². The Morgan fingerprint density at radius 2 is 2.29 bits per heavy atom. The van der Waals surface area contributed by atoms with E-state index in [2.05, 4.69) is 16.2 Å². The fraction of sp³-hybridized carbons (Fsp3) is 0.125. The Labute approximate surface area is 85.4 Å². The molecule has 0 saturated carbocycles. The van der Waals surface area contributed by atoms with Crippen molar-refractivity contribution >= 4 is 31.1 Å². The molecular formula is C8H7NO3S2. The molecule has 1 heterocycles. The average Bonchev–Trinajstić information content (AvgIpc) is 2.41. The van der Waals surface area contributed by atoms with Crippen molar-refractivity contribution in [3.63, 3.8) is 0 Å². The van der Waals surface area contributed by atoms with Crippen LogP contribution in [0.25, 0.3) is 11.1 Å². The minimum atomic E-state index is -3.34. The first-order valence-electron chi connectivity index (χ1n) is 3.81. The molecule has 14 heavy (non-hydrogen) atoms. The van der Waals surface area contributed by atoms with Gasteiger partial charge >= 0.3 is 0 Å². The second-order valence-electron chi connectivity index (χ2n) is 2.84. The Kier molecular flexibility index (Phi) is 2.06. The second-order valence-corrected chi connectivity index (χ2v) is 5.61. The molecule has 0 bridgehead atoms. The molecule has 2 rings (SSSR count). The van der Waals surface area contributed by atoms with Crippen molar-refractivity contribution < 1.29 is 13.2 Å². The maximum atomic E-state index is 11.1. The predicted octanol–water partition coefficient (Wildman–Crippen LogP) is 1.71. The van der Waals surface area contributed by atoms with Gasteiger partial charge in [-0.05, 0) is 12.1 Å². The van der Waals surface area contributed by atoms with Gasteiger partial charge in [-0.1, -0.05) is 0 Å². The van der Waals surface area contributed by atoms with E-state index < -0.39 is 8.77 Å². The number of benzene rings is 1. The van der Waals surface area contributed by atoms with Crippen molar-refractivity contribution in [3.05, 3.63) is 24.1 Å². The van der Waals surface area contributed by atoms with Crippen molar-refractivity contribution in [1.82, 2.24) is 4.98 Å². The largest absolute Gasteiger partial charge is 0.441 e. The van der Waals surface area contributed by atoms with Crippen molar-refractivity contribution in [2.24, 2.45) is 0 Å². The molecule has 1 aromatic heterocycles. The zero-order valence-corrected chi connectivity index (χ0v) is 8.89. The summed E-state index contributed by atoms with van der Waals surface area (Å²) in [7, 11) is -3.34. The molecule has 0 spiro atoms. The van der Waals surface area contributed by atoms with Crippen LogP contribution in [-0.4, -0.2) is 13.7 Å². The second kappa shape index (κ2) is 3.01. The summed E-state index contributed by atoms with van der Waals surface area (Å²) in [4.78, 5) is 4.24. The molecule has 1 aromatic carbocycles. The SMILES string of the molecule is Cc1nc2ccc(S(=O)(O)=S)cc2o1. The molecule has 0 aliphatic carbocycles. The van der Waals surface area contributed by atoms with Crippen LogP contribution in [0.4, 0.5) is 0 Å². The van der Waals surface area contributed by atoms with Crippen LogP contribution in [0.1, 0.15) is 5.89 Å². The topological polar surface area (TPSA) is 63.3 Å². The standard InChI is InChI=1S/C8H7NO3S2/c1-5-9-7-3-2-6(14(10,11)13)4-8(7)12-5/h2-4H,1H3,(H,10,11,13). The average molecular weight is 229 g/mol. The normalized spacial score (nSPS) is 15.6. The highest BCUT2D eigenvalue weighted by atomic mass is 32.8. The van der Waals surface area contributed by atoms with Gasteiger partial charge in [0.1, 0.15) is 5.52 Å². The van der Waals surface area contributed by atoms with Crippen molar-refractivity contribution in [2.45, 2.75) is 11.8 Å². The van der Waals surface area contributed by atoms with E-state index in [9.17, 15) is 4.21 Å². The van der Waals surface area contributed by atoms with E-state index in [0.29, 0.717) is 17.0 Å². The van der Waals surface area contributed by atoms with Crippen LogP contribution >= 0.6 is 0 Å². The van der Waals surface area contributed by atoms with E-state index in [-0.39, 0.29) is 4.90 Å². The molecule has 0 fully saturated rings. The van der Waals surface area contributed by atoms with Gasteiger partial charge in [0.2, 0.25) is 0 Å². The van der Waals surface area contributed by atoms with Crippen LogP contribution in [0, 0.1) is 6.92 Å². The first-order valence-corrected chi connectivity index (χ1v) is 6.25. The van der Waals surface area contributed by atoms with Crippen LogP contribution in [-0.2, 0) is 20.0 Å². The highest BCUT2D eigenvalue weighted by Crippen LogP contribution is 2.19. The summed E-state index contributed by atoms with van der Waals surface area (Å²) in [6.07, 6.45) is 0. The summed E-state index contributed by atoms with van der Waals surface area (Å²) >= 11 is 4.44. The van der Waals surface area contributed by atoms with Crippen LogP contribution in [0.5, 0.6) is 0 Å². The summed E-state index contributed by atoms with van der Waals surface area (Å²) in [6, 6.07) is 4.55. The van der Waals surface area contributed by atoms with Crippen molar-refractivity contribution in [2.75, 3.05) is 0 Å². The molecule has 0 aliphatic rings. The molecular weight excluding hydrogens is 222 g/mol. The monoisotopic (exact) mass is 229 g/mol. The van der Waals surface area contributed by atoms with E-state index in [0.717, 1.165) is 0 Å². The van der Waals surface area contributed by atoms with E-state index >= 15 is 0 Å². The Bertz CT molecular complexity index is 586. The number of hydrogen-bond donors (Lipinski definition) is 1.